The van der Waals surface area contributed by atoms with Crippen molar-refractivity contribution in [2.75, 3.05) is 26.2 Å². The molecule has 1 aliphatic rings. The Morgan fingerprint density at radius 1 is 1.21 bits per heavy atom. The molecule has 2 heterocycles. The molecule has 1 saturated heterocycles. The standard InChI is InChI=1S/C21H26FN3O3/c1-21(2,22)14-25-9-7-15(8-10-25)13-28-19-12-23-18(11-24-19)16-3-5-17(6-4-16)20(26)27/h3-6,11-12,15H,7-10,13-14H2,1-2H3,(H,26,27). The van der Waals surface area contributed by atoms with E-state index in [-0.39, 0.29) is 5.56 Å². The van der Waals surface area contributed by atoms with Gasteiger partial charge in [0.25, 0.3) is 0 Å². The zero-order valence-electron chi connectivity index (χ0n) is 16.3. The number of nitrogens with zero attached hydrogens (tertiary/aromatic N) is 3. The molecule has 1 aliphatic heterocycles. The smallest absolute Gasteiger partial charge is 0.335 e. The van der Waals surface area contributed by atoms with Crippen LogP contribution in [0.25, 0.3) is 11.3 Å². The zero-order valence-corrected chi connectivity index (χ0v) is 16.3. The number of rotatable bonds is 7. The molecule has 1 fully saturated rings. The van der Waals surface area contributed by atoms with Crippen LogP contribution < -0.4 is 4.74 Å². The summed E-state index contributed by atoms with van der Waals surface area (Å²) in [4.78, 5) is 21.7. The number of carboxylic acids is 1. The maximum atomic E-state index is 13.7. The van der Waals surface area contributed by atoms with Gasteiger partial charge in [0.15, 0.2) is 0 Å². The minimum Gasteiger partial charge on any atom is -0.478 e. The number of aromatic carboxylic acids is 1. The molecule has 0 atom stereocenters. The molecule has 1 N–H and O–H groups in total. The first kappa shape index (κ1) is 20.2. The third kappa shape index (κ3) is 5.73. The molecule has 2 aromatic rings. The third-order valence-corrected chi connectivity index (χ3v) is 4.83. The van der Waals surface area contributed by atoms with E-state index in [1.54, 1.807) is 50.5 Å². The van der Waals surface area contributed by atoms with Crippen molar-refractivity contribution in [1.82, 2.24) is 14.9 Å². The van der Waals surface area contributed by atoms with Gasteiger partial charge in [-0.05, 0) is 57.8 Å². The first-order valence-corrected chi connectivity index (χ1v) is 9.50. The van der Waals surface area contributed by atoms with E-state index in [0.29, 0.717) is 30.6 Å². The number of likely N-dealkylation sites (tertiary alicyclic amines) is 1. The van der Waals surface area contributed by atoms with Gasteiger partial charge in [-0.15, -0.1) is 0 Å². The summed E-state index contributed by atoms with van der Waals surface area (Å²) >= 11 is 0. The Morgan fingerprint density at radius 3 is 2.43 bits per heavy atom. The highest BCUT2D eigenvalue weighted by Crippen LogP contribution is 2.22. The van der Waals surface area contributed by atoms with Gasteiger partial charge in [-0.1, -0.05) is 12.1 Å². The van der Waals surface area contributed by atoms with Crippen LogP contribution in [0.5, 0.6) is 5.88 Å². The van der Waals surface area contributed by atoms with Crippen molar-refractivity contribution in [1.29, 1.82) is 0 Å². The highest BCUT2D eigenvalue weighted by Gasteiger charge is 2.25. The maximum Gasteiger partial charge on any atom is 0.335 e. The Kier molecular flexibility index (Phi) is 6.24. The summed E-state index contributed by atoms with van der Waals surface area (Å²) < 4.78 is 19.5. The van der Waals surface area contributed by atoms with Crippen LogP contribution in [-0.4, -0.2) is 57.9 Å². The number of carboxylic acid groups (broad SMARTS) is 1. The van der Waals surface area contributed by atoms with E-state index < -0.39 is 11.6 Å². The van der Waals surface area contributed by atoms with Crippen LogP contribution in [0.3, 0.4) is 0 Å². The molecule has 6 nitrogen and oxygen atoms in total. The highest BCUT2D eigenvalue weighted by molar-refractivity contribution is 5.88. The van der Waals surface area contributed by atoms with Crippen molar-refractivity contribution in [3.63, 3.8) is 0 Å². The monoisotopic (exact) mass is 387 g/mol. The van der Waals surface area contributed by atoms with Crippen LogP contribution in [0.2, 0.25) is 0 Å². The lowest BCUT2D eigenvalue weighted by Gasteiger charge is -2.34. The van der Waals surface area contributed by atoms with Crippen LogP contribution in [0.15, 0.2) is 36.7 Å². The van der Waals surface area contributed by atoms with Gasteiger partial charge in [0.2, 0.25) is 5.88 Å². The molecule has 0 saturated carbocycles. The van der Waals surface area contributed by atoms with Crippen LogP contribution in [0.1, 0.15) is 37.0 Å². The molecule has 0 amide bonds. The summed E-state index contributed by atoms with van der Waals surface area (Å²) in [6.45, 7) is 6.06. The molecule has 150 valence electrons. The largest absolute Gasteiger partial charge is 0.478 e. The first-order valence-electron chi connectivity index (χ1n) is 9.50. The zero-order chi connectivity index (χ0) is 20.1. The molecule has 28 heavy (non-hydrogen) atoms. The number of carbonyl (C=O) groups is 1. The molecule has 0 spiro atoms. The van der Waals surface area contributed by atoms with Gasteiger partial charge in [-0.3, -0.25) is 0 Å². The number of aromatic nitrogens is 2. The number of benzene rings is 1. The highest BCUT2D eigenvalue weighted by atomic mass is 19.1. The van der Waals surface area contributed by atoms with Gasteiger partial charge in [0, 0.05) is 12.1 Å². The number of hydrogen-bond donors (Lipinski definition) is 1. The van der Waals surface area contributed by atoms with Gasteiger partial charge in [0.1, 0.15) is 5.67 Å². The number of hydrogen-bond acceptors (Lipinski definition) is 5. The lowest BCUT2D eigenvalue weighted by atomic mass is 9.97. The molecule has 0 aliphatic carbocycles. The molecule has 0 radical (unpaired) electrons. The van der Waals surface area contributed by atoms with E-state index in [9.17, 15) is 9.18 Å². The van der Waals surface area contributed by atoms with Gasteiger partial charge < -0.3 is 14.7 Å². The quantitative estimate of drug-likeness (QED) is 0.781. The van der Waals surface area contributed by atoms with Crippen LogP contribution in [0, 0.1) is 5.92 Å². The SMILES string of the molecule is CC(C)(F)CN1CCC(COc2cnc(-c3ccc(C(=O)O)cc3)cn2)CC1. The summed E-state index contributed by atoms with van der Waals surface area (Å²) in [5.74, 6) is -0.0529. The predicted octanol–water partition coefficient (Wildman–Crippen LogP) is 3.68. The third-order valence-electron chi connectivity index (χ3n) is 4.83. The average molecular weight is 387 g/mol. The minimum absolute atomic E-state index is 0.234. The Morgan fingerprint density at radius 2 is 1.89 bits per heavy atom. The Labute approximate surface area is 164 Å². The first-order chi connectivity index (χ1) is 13.3. The summed E-state index contributed by atoms with van der Waals surface area (Å²) in [5, 5.41) is 8.95. The molecule has 7 heteroatoms. The molecule has 0 bridgehead atoms. The minimum atomic E-state index is -1.16. The fourth-order valence-corrected chi connectivity index (χ4v) is 3.37. The fraction of sp³-hybridized carbons (Fsp3) is 0.476. The summed E-state index contributed by atoms with van der Waals surface area (Å²) in [6, 6.07) is 6.50. The lowest BCUT2D eigenvalue weighted by molar-refractivity contribution is 0.0696. The predicted molar refractivity (Wildman–Crippen MR) is 104 cm³/mol. The molecular weight excluding hydrogens is 361 g/mol. The second-order valence-electron chi connectivity index (χ2n) is 7.87. The summed E-state index contributed by atoms with van der Waals surface area (Å²) in [6.07, 6.45) is 5.17. The number of halogens is 1. The molecule has 0 unspecified atom stereocenters. The van der Waals surface area contributed by atoms with Crippen LogP contribution >= 0.6 is 0 Å². The Hall–Kier alpha value is -2.54. The second kappa shape index (κ2) is 8.65. The molecule has 3 rings (SSSR count). The summed E-state index contributed by atoms with van der Waals surface area (Å²) in [7, 11) is 0. The number of alkyl halides is 1. The maximum absolute atomic E-state index is 13.7. The van der Waals surface area contributed by atoms with E-state index in [4.69, 9.17) is 9.84 Å². The summed E-state index contributed by atoms with van der Waals surface area (Å²) in [5.41, 5.74) is 0.533. The van der Waals surface area contributed by atoms with Crippen molar-refractivity contribution >= 4 is 5.97 Å². The van der Waals surface area contributed by atoms with Gasteiger partial charge in [-0.2, -0.15) is 0 Å². The lowest BCUT2D eigenvalue weighted by Crippen LogP contribution is -2.41. The normalized spacial score (nSPS) is 16.1. The van der Waals surface area contributed by atoms with Gasteiger partial charge >= 0.3 is 5.97 Å². The molecule has 1 aromatic carbocycles. The van der Waals surface area contributed by atoms with Crippen molar-refractivity contribution in [3.05, 3.63) is 42.2 Å². The van der Waals surface area contributed by atoms with Crippen molar-refractivity contribution < 1.29 is 19.0 Å². The van der Waals surface area contributed by atoms with Crippen molar-refractivity contribution in [3.8, 4) is 17.1 Å². The van der Waals surface area contributed by atoms with Crippen molar-refractivity contribution in [2.45, 2.75) is 32.4 Å². The second-order valence-corrected chi connectivity index (χ2v) is 7.87. The number of ether oxygens (including phenoxy) is 1. The number of piperidine rings is 1. The fourth-order valence-electron chi connectivity index (χ4n) is 3.37. The average Bonchev–Trinajstić information content (AvgIpc) is 2.67. The molecule has 1 aromatic heterocycles. The van der Waals surface area contributed by atoms with E-state index in [1.807, 2.05) is 0 Å². The van der Waals surface area contributed by atoms with Crippen molar-refractivity contribution in [2.24, 2.45) is 5.92 Å². The van der Waals surface area contributed by atoms with Crippen LogP contribution in [0.4, 0.5) is 4.39 Å². The Balaban J connectivity index is 1.48. The van der Waals surface area contributed by atoms with E-state index in [0.717, 1.165) is 31.5 Å². The van der Waals surface area contributed by atoms with Gasteiger partial charge in [-0.25, -0.2) is 19.2 Å². The van der Waals surface area contributed by atoms with E-state index in [2.05, 4.69) is 14.9 Å². The van der Waals surface area contributed by atoms with Gasteiger partial charge in [0.05, 0.1) is 30.3 Å². The molecular formula is C21H26FN3O3. The topological polar surface area (TPSA) is 75.5 Å². The van der Waals surface area contributed by atoms with Crippen LogP contribution in [-0.2, 0) is 0 Å². The van der Waals surface area contributed by atoms with E-state index >= 15 is 0 Å². The van der Waals surface area contributed by atoms with E-state index in [1.165, 1.54) is 0 Å². The Bertz CT molecular complexity index is 780.